The number of carbonyl (C=O) groups excluding carboxylic acids is 1. The Bertz CT molecular complexity index is 928. The maximum Gasteiger partial charge on any atom is 0.255 e. The van der Waals surface area contributed by atoms with Crippen molar-refractivity contribution in [2.45, 2.75) is 18.9 Å². The van der Waals surface area contributed by atoms with Gasteiger partial charge >= 0.3 is 0 Å². The number of aromatic nitrogens is 2. The van der Waals surface area contributed by atoms with Gasteiger partial charge in [0.25, 0.3) is 5.91 Å². The number of pyridine rings is 1. The normalized spacial score (nSPS) is 15.5. The molecule has 1 aliphatic rings. The highest BCUT2D eigenvalue weighted by molar-refractivity contribution is 6.30. The second-order valence-electron chi connectivity index (χ2n) is 6.54. The number of carbonyl (C=O) groups is 1. The number of halogens is 1. The molecule has 134 valence electrons. The van der Waals surface area contributed by atoms with Crippen LogP contribution in [0.1, 0.15) is 23.2 Å². The molecule has 1 saturated heterocycles. The lowest BCUT2D eigenvalue weighted by atomic mass is 10.1. The summed E-state index contributed by atoms with van der Waals surface area (Å²) in [5.41, 5.74) is 3.33. The van der Waals surface area contributed by atoms with Crippen molar-refractivity contribution in [2.24, 2.45) is 0 Å². The van der Waals surface area contributed by atoms with Crippen LogP contribution in [0.25, 0.3) is 16.9 Å². The average molecular weight is 370 g/mol. The molecule has 1 aromatic carbocycles. The summed E-state index contributed by atoms with van der Waals surface area (Å²) in [6, 6.07) is 11.3. The molecule has 6 heteroatoms. The Morgan fingerprint density at radius 3 is 2.54 bits per heavy atom. The van der Waals surface area contributed by atoms with Crippen LogP contribution < -0.4 is 0 Å². The number of piperidine rings is 1. The molecule has 0 bridgehead atoms. The number of methoxy groups -OCH3 is 1. The Morgan fingerprint density at radius 2 is 1.85 bits per heavy atom. The van der Waals surface area contributed by atoms with E-state index in [0.29, 0.717) is 10.6 Å². The molecular formula is C20H20ClN3O2. The topological polar surface area (TPSA) is 46.8 Å². The van der Waals surface area contributed by atoms with E-state index in [1.165, 1.54) is 0 Å². The molecule has 0 aliphatic carbocycles. The van der Waals surface area contributed by atoms with Gasteiger partial charge in [0.1, 0.15) is 5.65 Å². The number of benzene rings is 1. The van der Waals surface area contributed by atoms with Crippen LogP contribution in [0.2, 0.25) is 5.02 Å². The van der Waals surface area contributed by atoms with E-state index < -0.39 is 0 Å². The van der Waals surface area contributed by atoms with E-state index in [9.17, 15) is 4.79 Å². The first kappa shape index (κ1) is 17.1. The highest BCUT2D eigenvalue weighted by Gasteiger charge is 2.23. The van der Waals surface area contributed by atoms with Gasteiger partial charge in [0.05, 0.1) is 17.4 Å². The Morgan fingerprint density at radius 1 is 1.12 bits per heavy atom. The lowest BCUT2D eigenvalue weighted by Gasteiger charge is -2.31. The highest BCUT2D eigenvalue weighted by Crippen LogP contribution is 2.22. The molecule has 2 aromatic heterocycles. The summed E-state index contributed by atoms with van der Waals surface area (Å²) in [4.78, 5) is 19.3. The van der Waals surface area contributed by atoms with Gasteiger partial charge in [-0.2, -0.15) is 0 Å². The van der Waals surface area contributed by atoms with Crippen molar-refractivity contribution in [3.05, 3.63) is 59.4 Å². The number of imidazole rings is 1. The van der Waals surface area contributed by atoms with Gasteiger partial charge in [-0.25, -0.2) is 4.98 Å². The molecule has 1 fully saturated rings. The second kappa shape index (κ2) is 7.09. The van der Waals surface area contributed by atoms with Gasteiger partial charge in [-0.1, -0.05) is 23.7 Å². The number of fused-ring (bicyclic) bond motifs is 1. The molecule has 0 radical (unpaired) electrons. The van der Waals surface area contributed by atoms with Crippen molar-refractivity contribution in [1.82, 2.24) is 14.3 Å². The number of ether oxygens (including phenoxy) is 1. The largest absolute Gasteiger partial charge is 0.381 e. The number of likely N-dealkylation sites (tertiary alicyclic amines) is 1. The molecule has 4 rings (SSSR count). The first-order chi connectivity index (χ1) is 12.6. The van der Waals surface area contributed by atoms with Gasteiger partial charge in [-0.3, -0.25) is 4.79 Å². The van der Waals surface area contributed by atoms with Crippen LogP contribution in [0.5, 0.6) is 0 Å². The van der Waals surface area contributed by atoms with Gasteiger partial charge in [0.15, 0.2) is 0 Å². The third kappa shape index (κ3) is 3.32. The minimum absolute atomic E-state index is 0.0585. The van der Waals surface area contributed by atoms with E-state index in [0.717, 1.165) is 42.8 Å². The van der Waals surface area contributed by atoms with Crippen molar-refractivity contribution < 1.29 is 9.53 Å². The zero-order valence-electron chi connectivity index (χ0n) is 14.6. The van der Waals surface area contributed by atoms with Crippen LogP contribution in [0.4, 0.5) is 0 Å². The standard InChI is InChI=1S/C20H20ClN3O2/c1-26-17-8-10-23(11-9-17)20(25)15-4-7-19-22-18(13-24(19)12-15)14-2-5-16(21)6-3-14/h2-7,12-13,17H,8-11H2,1H3. The number of rotatable bonds is 3. The fourth-order valence-electron chi connectivity index (χ4n) is 3.36. The number of hydrogen-bond donors (Lipinski definition) is 0. The Kier molecular flexibility index (Phi) is 4.66. The van der Waals surface area contributed by atoms with Crippen LogP contribution in [-0.4, -0.2) is 46.5 Å². The van der Waals surface area contributed by atoms with Gasteiger partial charge in [-0.15, -0.1) is 0 Å². The highest BCUT2D eigenvalue weighted by atomic mass is 35.5. The minimum atomic E-state index is 0.0585. The van der Waals surface area contributed by atoms with Crippen LogP contribution >= 0.6 is 11.6 Å². The molecule has 1 amide bonds. The van der Waals surface area contributed by atoms with E-state index in [4.69, 9.17) is 16.3 Å². The van der Waals surface area contributed by atoms with Crippen molar-refractivity contribution in [3.63, 3.8) is 0 Å². The second-order valence-corrected chi connectivity index (χ2v) is 6.98. The van der Waals surface area contributed by atoms with Crippen LogP contribution in [0, 0.1) is 0 Å². The minimum Gasteiger partial charge on any atom is -0.381 e. The fraction of sp³-hybridized carbons (Fsp3) is 0.300. The maximum absolute atomic E-state index is 12.8. The first-order valence-corrected chi connectivity index (χ1v) is 9.08. The number of amides is 1. The molecule has 0 unspecified atom stereocenters. The molecule has 3 aromatic rings. The van der Waals surface area contributed by atoms with E-state index in [-0.39, 0.29) is 12.0 Å². The van der Waals surface area contributed by atoms with Crippen molar-refractivity contribution in [3.8, 4) is 11.3 Å². The summed E-state index contributed by atoms with van der Waals surface area (Å²) in [6.45, 7) is 1.46. The van der Waals surface area contributed by atoms with Crippen LogP contribution in [0.3, 0.4) is 0 Å². The average Bonchev–Trinajstić information content (AvgIpc) is 3.11. The molecule has 1 aliphatic heterocycles. The molecule has 26 heavy (non-hydrogen) atoms. The molecular weight excluding hydrogens is 350 g/mol. The molecule has 3 heterocycles. The Hall–Kier alpha value is -2.37. The smallest absolute Gasteiger partial charge is 0.255 e. The number of hydrogen-bond acceptors (Lipinski definition) is 3. The predicted octanol–water partition coefficient (Wildman–Crippen LogP) is 3.91. The summed E-state index contributed by atoms with van der Waals surface area (Å²) >= 11 is 5.95. The predicted molar refractivity (Wildman–Crippen MR) is 102 cm³/mol. The lowest BCUT2D eigenvalue weighted by Crippen LogP contribution is -2.40. The molecule has 5 nitrogen and oxygen atoms in total. The summed E-state index contributed by atoms with van der Waals surface area (Å²) in [5, 5.41) is 0.697. The van der Waals surface area contributed by atoms with Gasteiger partial charge in [0.2, 0.25) is 0 Å². The Labute approximate surface area is 157 Å². The summed E-state index contributed by atoms with van der Waals surface area (Å²) in [5.74, 6) is 0.0585. The summed E-state index contributed by atoms with van der Waals surface area (Å²) < 4.78 is 7.28. The molecule has 0 saturated carbocycles. The van der Waals surface area contributed by atoms with Gasteiger partial charge in [-0.05, 0) is 37.1 Å². The zero-order chi connectivity index (χ0) is 18.1. The van der Waals surface area contributed by atoms with Gasteiger partial charge in [0, 0.05) is 43.2 Å². The fourth-order valence-corrected chi connectivity index (χ4v) is 3.48. The van der Waals surface area contributed by atoms with Crippen molar-refractivity contribution >= 4 is 23.2 Å². The van der Waals surface area contributed by atoms with Crippen molar-refractivity contribution in [2.75, 3.05) is 20.2 Å². The molecule has 0 spiro atoms. The van der Waals surface area contributed by atoms with E-state index in [1.54, 1.807) is 7.11 Å². The van der Waals surface area contributed by atoms with Crippen LogP contribution in [0.15, 0.2) is 48.8 Å². The zero-order valence-corrected chi connectivity index (χ0v) is 15.3. The van der Waals surface area contributed by atoms with E-state index in [2.05, 4.69) is 4.98 Å². The van der Waals surface area contributed by atoms with Crippen molar-refractivity contribution in [1.29, 1.82) is 0 Å². The third-order valence-corrected chi connectivity index (χ3v) is 5.15. The summed E-state index contributed by atoms with van der Waals surface area (Å²) in [7, 11) is 1.73. The maximum atomic E-state index is 12.8. The quantitative estimate of drug-likeness (QED) is 0.703. The third-order valence-electron chi connectivity index (χ3n) is 4.90. The number of nitrogens with zero attached hydrogens (tertiary/aromatic N) is 3. The van der Waals surface area contributed by atoms with Crippen LogP contribution in [-0.2, 0) is 4.74 Å². The molecule has 0 atom stereocenters. The van der Waals surface area contributed by atoms with E-state index in [1.807, 2.05) is 58.1 Å². The van der Waals surface area contributed by atoms with E-state index >= 15 is 0 Å². The first-order valence-electron chi connectivity index (χ1n) is 8.71. The monoisotopic (exact) mass is 369 g/mol. The Balaban J connectivity index is 1.57. The lowest BCUT2D eigenvalue weighted by molar-refractivity contribution is 0.0350. The van der Waals surface area contributed by atoms with Gasteiger partial charge < -0.3 is 14.0 Å². The SMILES string of the molecule is COC1CCN(C(=O)c2ccc3nc(-c4ccc(Cl)cc4)cn3c2)CC1. The molecule has 0 N–H and O–H groups in total. The summed E-state index contributed by atoms with van der Waals surface area (Å²) in [6.07, 6.45) is 5.82.